The zero-order valence-corrected chi connectivity index (χ0v) is 69.5. The molecule has 0 spiro atoms. The van der Waals surface area contributed by atoms with E-state index >= 15 is 0 Å². The van der Waals surface area contributed by atoms with Crippen molar-refractivity contribution in [2.45, 2.75) is 0 Å². The number of aromatic nitrogens is 4. The molecule has 8 aromatic heterocycles. The number of nitrogens with zero attached hydrogens (tertiary/aromatic N) is 4. The first kappa shape index (κ1) is 71.8. The third-order valence-electron chi connectivity index (χ3n) is 26.5. The predicted octanol–water partition coefficient (Wildman–Crippen LogP) is 34.0. The van der Waals surface area contributed by atoms with Gasteiger partial charge in [0.15, 0.2) is 0 Å². The second kappa shape index (κ2) is 28.4. The molecule has 0 N–H and O–H groups in total. The molecular weight excluding hydrogens is 1580 g/mol. The van der Waals surface area contributed by atoms with Gasteiger partial charge in [0.2, 0.25) is 0 Å². The van der Waals surface area contributed by atoms with Gasteiger partial charge in [-0.1, -0.05) is 364 Å². The Bertz CT molecular complexity index is 9830. The van der Waals surface area contributed by atoms with Crippen LogP contribution in [0.5, 0.6) is 0 Å². The number of fused-ring (bicyclic) bond motifs is 39. The third kappa shape index (κ3) is 10.9. The van der Waals surface area contributed by atoms with Crippen molar-refractivity contribution in [1.29, 1.82) is 0 Å². The lowest BCUT2D eigenvalue weighted by Gasteiger charge is -2.15. The average Bonchev–Trinajstić information content (AvgIpc) is 1.48. The molecule has 0 atom stereocenters. The summed E-state index contributed by atoms with van der Waals surface area (Å²) >= 11 is 1.87. The molecule has 21 aromatic carbocycles. The normalized spacial score (nSPS) is 12.1. The van der Waals surface area contributed by atoms with E-state index in [9.17, 15) is 0 Å². The van der Waals surface area contributed by atoms with E-state index in [1.807, 2.05) is 35.6 Å². The van der Waals surface area contributed by atoms with Gasteiger partial charge < -0.3 is 13.3 Å². The van der Waals surface area contributed by atoms with Crippen LogP contribution >= 0.6 is 11.3 Å². The summed E-state index contributed by atoms with van der Waals surface area (Å²) < 4.78 is 22.5. The molecule has 0 radical (unpaired) electrons. The quantitative estimate of drug-likeness (QED) is 0.159. The fourth-order valence-corrected chi connectivity index (χ4v) is 22.1. The van der Waals surface area contributed by atoms with E-state index in [2.05, 4.69) is 388 Å². The molecule has 0 bridgehead atoms. The molecule has 8 heterocycles. The summed E-state index contributed by atoms with van der Waals surface area (Å²) in [7, 11) is 0. The first-order chi connectivity index (χ1) is 63.5. The summed E-state index contributed by atoms with van der Waals surface area (Å²) in [6.07, 6.45) is 0. The van der Waals surface area contributed by atoms with Gasteiger partial charge in [-0.15, -0.1) is 11.3 Å². The first-order valence-electron chi connectivity index (χ1n) is 43.5. The smallest absolute Gasteiger partial charge is 0.146 e. The van der Waals surface area contributed by atoms with Crippen molar-refractivity contribution < 1.29 is 13.3 Å². The SMILES string of the molecule is c1cc(-c2nc3c4ccccc4c4c5ccccc5oc4c3c3ccccc23)cc(-c2cccc3c2sc2ccccc23)c1.c1ccc(-c2nc3ccc(-c4nc5c6ccccc6c6c7ccccc7oc6c5c5ccccc45)cc3c3ccccc23)cc1.c1ccc2c(c1)cc(-c1nc3c4ccccc4c4c5ccccc5oc4c3c3ccccc13)c1ccccc12. The molecular formula is C120H68N4O3S. The van der Waals surface area contributed by atoms with Gasteiger partial charge in [-0.3, -0.25) is 0 Å². The molecule has 0 amide bonds. The number of hydrogen-bond donors (Lipinski definition) is 0. The van der Waals surface area contributed by atoms with Crippen LogP contribution < -0.4 is 0 Å². The maximum atomic E-state index is 6.63. The van der Waals surface area contributed by atoms with Gasteiger partial charge >= 0.3 is 0 Å². The third-order valence-corrected chi connectivity index (χ3v) is 27.7. The largest absolute Gasteiger partial charge is 0.455 e. The fourth-order valence-electron chi connectivity index (χ4n) is 20.9. The van der Waals surface area contributed by atoms with Crippen molar-refractivity contribution >= 4 is 238 Å². The van der Waals surface area contributed by atoms with Crippen molar-refractivity contribution in [3.05, 3.63) is 413 Å². The molecule has 0 unspecified atom stereocenters. The second-order valence-corrected chi connectivity index (χ2v) is 34.4. The van der Waals surface area contributed by atoms with Gasteiger partial charge in [-0.2, -0.15) is 0 Å². The zero-order valence-electron chi connectivity index (χ0n) is 68.7. The van der Waals surface area contributed by atoms with E-state index < -0.39 is 0 Å². The average molecular weight is 1650 g/mol. The van der Waals surface area contributed by atoms with Gasteiger partial charge in [-0.25, -0.2) is 19.9 Å². The first-order valence-corrected chi connectivity index (χ1v) is 44.3. The zero-order chi connectivity index (χ0) is 83.8. The number of rotatable bonds is 5. The highest BCUT2D eigenvalue weighted by atomic mass is 32.1. The van der Waals surface area contributed by atoms with Gasteiger partial charge in [0.25, 0.3) is 0 Å². The van der Waals surface area contributed by atoms with Crippen LogP contribution in [0, 0.1) is 0 Å². The lowest BCUT2D eigenvalue weighted by Crippen LogP contribution is -1.93. The van der Waals surface area contributed by atoms with Crippen molar-refractivity contribution in [2.24, 2.45) is 0 Å². The second-order valence-electron chi connectivity index (χ2n) is 33.4. The molecule has 0 saturated heterocycles. The van der Waals surface area contributed by atoms with Crippen LogP contribution in [0.15, 0.2) is 426 Å². The number of hydrogen-bond acceptors (Lipinski definition) is 8. The number of thiophene rings is 1. The highest BCUT2D eigenvalue weighted by molar-refractivity contribution is 7.26. The molecule has 0 aliphatic rings. The van der Waals surface area contributed by atoms with E-state index in [4.69, 9.17) is 33.2 Å². The molecule has 0 saturated carbocycles. The Hall–Kier alpha value is -16.8. The lowest BCUT2D eigenvalue weighted by atomic mass is 9.91. The topological polar surface area (TPSA) is 91.0 Å². The molecule has 0 aliphatic carbocycles. The Morgan fingerprint density at radius 3 is 1.04 bits per heavy atom. The van der Waals surface area contributed by atoms with Crippen LogP contribution in [0.3, 0.4) is 0 Å². The minimum atomic E-state index is 0.891. The van der Waals surface area contributed by atoms with Crippen molar-refractivity contribution in [3.63, 3.8) is 0 Å². The highest BCUT2D eigenvalue weighted by Gasteiger charge is 2.27. The molecule has 8 heteroatoms. The Balaban J connectivity index is 0.0000000995. The maximum Gasteiger partial charge on any atom is 0.146 e. The van der Waals surface area contributed by atoms with Crippen LogP contribution in [-0.2, 0) is 0 Å². The van der Waals surface area contributed by atoms with Gasteiger partial charge in [0, 0.05) is 118 Å². The molecule has 29 aromatic rings. The number of benzene rings is 21. The lowest BCUT2D eigenvalue weighted by molar-refractivity contribution is 0.672. The van der Waals surface area contributed by atoms with Crippen LogP contribution in [0.25, 0.3) is 283 Å². The van der Waals surface area contributed by atoms with Crippen molar-refractivity contribution in [1.82, 2.24) is 19.9 Å². The summed E-state index contributed by atoms with van der Waals surface area (Å²) in [6.45, 7) is 0. The van der Waals surface area contributed by atoms with E-state index in [0.29, 0.717) is 0 Å². The van der Waals surface area contributed by atoms with E-state index in [0.717, 1.165) is 214 Å². The summed E-state index contributed by atoms with van der Waals surface area (Å²) in [5.41, 5.74) is 20.1. The Morgan fingerprint density at radius 2 is 0.523 bits per heavy atom. The number of furan rings is 3. The number of pyridine rings is 4. The van der Waals surface area contributed by atoms with E-state index in [1.54, 1.807) is 0 Å². The standard InChI is InChI=1S/C42H24N2O.C41H23NOS.C37H21NO/c1-2-12-25(13-3-1)39-30-17-7-4-14-27(30)34-24-26(22-23-35(34)43-39)40-31-18-8-6-16-29(31)38-41(44-40)32-19-9-5-15-28(32)37-33-20-10-11-21-36(33)45-42(37)38;1-4-17-31-28(14-1)36-33-18-5-7-21-34(33)43-40(36)37-29-15-2-3-16-30(29)38(42-39(31)37)25-12-9-11-24(23-25)26-19-10-20-32-27-13-6-8-22-35(27)44-41(26)32;1-2-12-23-22(11-1)21-31(25-14-4-3-13-24(23)25)35-28-17-7-6-16-27(28)34-36(38-35)29-18-8-5-15-26(29)33-30-19-9-10-20-32(30)39-37(33)34/h1-24H;1-23H;1-21H. The van der Waals surface area contributed by atoms with Crippen LogP contribution in [0.4, 0.5) is 0 Å². The monoisotopic (exact) mass is 1640 g/mol. The Labute approximate surface area is 734 Å². The molecule has 0 aliphatic heterocycles. The Morgan fingerprint density at radius 1 is 0.180 bits per heavy atom. The summed E-state index contributed by atoms with van der Waals surface area (Å²) in [4.78, 5) is 21.7. The van der Waals surface area contributed by atoms with Crippen molar-refractivity contribution in [3.8, 4) is 56.2 Å². The highest BCUT2D eigenvalue weighted by Crippen LogP contribution is 2.51. The molecule has 0 fully saturated rings. The van der Waals surface area contributed by atoms with E-state index in [1.165, 1.54) is 69.0 Å². The van der Waals surface area contributed by atoms with Gasteiger partial charge in [0.1, 0.15) is 33.5 Å². The molecule has 128 heavy (non-hydrogen) atoms. The summed E-state index contributed by atoms with van der Waals surface area (Å²) in [5, 5.41) is 34.7. The minimum absolute atomic E-state index is 0.891. The predicted molar refractivity (Wildman–Crippen MR) is 540 cm³/mol. The summed E-state index contributed by atoms with van der Waals surface area (Å²) in [6, 6.07) is 146. The fraction of sp³-hybridized carbons (Fsp3) is 0. The van der Waals surface area contributed by atoms with Crippen molar-refractivity contribution in [2.75, 3.05) is 0 Å². The van der Waals surface area contributed by atoms with Gasteiger partial charge in [0.05, 0.1) is 61.0 Å². The van der Waals surface area contributed by atoms with Gasteiger partial charge in [-0.05, 0) is 119 Å². The molecule has 592 valence electrons. The van der Waals surface area contributed by atoms with Crippen LogP contribution in [-0.4, -0.2) is 19.9 Å². The van der Waals surface area contributed by atoms with E-state index in [-0.39, 0.29) is 0 Å². The minimum Gasteiger partial charge on any atom is -0.455 e. The number of para-hydroxylation sites is 3. The van der Waals surface area contributed by atoms with Crippen LogP contribution in [0.2, 0.25) is 0 Å². The molecule has 7 nitrogen and oxygen atoms in total. The summed E-state index contributed by atoms with van der Waals surface area (Å²) in [5.74, 6) is 0. The molecule has 29 rings (SSSR count). The van der Waals surface area contributed by atoms with Crippen LogP contribution in [0.1, 0.15) is 0 Å². The maximum absolute atomic E-state index is 6.63. The Kier molecular flexibility index (Phi) is 15.9.